The first-order valence-corrected chi connectivity index (χ1v) is 9.33. The monoisotopic (exact) mass is 452 g/mol. The normalized spacial score (nSPS) is 12.7. The molecular weight excluding hydrogens is 437 g/mol. The zero-order valence-corrected chi connectivity index (χ0v) is 16.8. The zero-order valence-electron chi connectivity index (χ0n) is 16.1. The van der Waals surface area contributed by atoms with Gasteiger partial charge in [0.05, 0.1) is 12.3 Å². The van der Waals surface area contributed by atoms with E-state index < -0.39 is 24.0 Å². The van der Waals surface area contributed by atoms with Gasteiger partial charge in [-0.1, -0.05) is 52.2 Å². The van der Waals surface area contributed by atoms with Gasteiger partial charge in [0.25, 0.3) is 5.91 Å². The van der Waals surface area contributed by atoms with Crippen molar-refractivity contribution in [2.75, 3.05) is 0 Å². The summed E-state index contributed by atoms with van der Waals surface area (Å²) in [5.74, 6) is -2.06. The Labute approximate surface area is 179 Å². The van der Waals surface area contributed by atoms with Gasteiger partial charge >= 0.3 is 12.1 Å². The van der Waals surface area contributed by atoms with E-state index in [2.05, 4.69) is 25.1 Å². The largest absolute Gasteiger partial charge is 0.471 e. The summed E-state index contributed by atoms with van der Waals surface area (Å²) in [5.41, 5.74) is 1.35. The minimum absolute atomic E-state index is 0.185. The van der Waals surface area contributed by atoms with Gasteiger partial charge in [0.15, 0.2) is 0 Å². The molecule has 11 heteroatoms. The molecule has 162 valence electrons. The van der Waals surface area contributed by atoms with Crippen molar-refractivity contribution in [3.63, 3.8) is 0 Å². The van der Waals surface area contributed by atoms with E-state index in [0.29, 0.717) is 10.6 Å². The molecule has 0 radical (unpaired) electrons. The molecule has 0 saturated heterocycles. The molecule has 1 unspecified atom stereocenters. The maximum atomic E-state index is 12.5. The van der Waals surface area contributed by atoms with Crippen LogP contribution in [0.1, 0.15) is 28.7 Å². The number of oxime groups is 1. The van der Waals surface area contributed by atoms with Gasteiger partial charge in [-0.3, -0.25) is 4.79 Å². The summed E-state index contributed by atoms with van der Waals surface area (Å²) in [6.07, 6.45) is -3.30. The smallest absolute Gasteiger partial charge is 0.391 e. The molecule has 0 saturated carbocycles. The van der Waals surface area contributed by atoms with Crippen LogP contribution in [0.3, 0.4) is 0 Å². The number of aromatic nitrogens is 2. The van der Waals surface area contributed by atoms with E-state index in [9.17, 15) is 18.0 Å². The van der Waals surface area contributed by atoms with E-state index in [4.69, 9.17) is 16.4 Å². The molecule has 0 aliphatic carbocycles. The van der Waals surface area contributed by atoms with Crippen molar-refractivity contribution >= 4 is 23.7 Å². The van der Waals surface area contributed by atoms with E-state index in [1.54, 1.807) is 19.1 Å². The van der Waals surface area contributed by atoms with Gasteiger partial charge in [-0.15, -0.1) is 0 Å². The molecule has 1 heterocycles. The number of carbonyl (C=O) groups excluding carboxylic acids is 1. The first kappa shape index (κ1) is 22.3. The minimum atomic E-state index is -4.72. The fourth-order valence-electron chi connectivity index (χ4n) is 2.41. The third kappa shape index (κ3) is 6.05. The predicted octanol–water partition coefficient (Wildman–Crippen LogP) is 4.73. The lowest BCUT2D eigenvalue weighted by Gasteiger charge is -2.09. The molecule has 1 aromatic heterocycles. The SMILES string of the molecule is CC(C=NOCc1ccccc1Cl)NC(=O)c1ccc(-c2noc(C(F)(F)F)n2)cc1. The molecule has 31 heavy (non-hydrogen) atoms. The number of benzene rings is 2. The maximum absolute atomic E-state index is 12.5. The van der Waals surface area contributed by atoms with Crippen LogP contribution in [-0.2, 0) is 17.6 Å². The predicted molar refractivity (Wildman–Crippen MR) is 106 cm³/mol. The van der Waals surface area contributed by atoms with E-state index in [0.717, 1.165) is 5.56 Å². The average Bonchev–Trinajstić information content (AvgIpc) is 3.23. The van der Waals surface area contributed by atoms with Crippen LogP contribution in [-0.4, -0.2) is 28.3 Å². The standard InChI is InChI=1S/C20H16ClF3N4O3/c1-12(10-25-30-11-15-4-2-3-5-16(15)21)26-18(29)14-8-6-13(7-9-14)17-27-19(31-28-17)20(22,23)24/h2-10,12H,11H2,1H3,(H,26,29). The molecule has 3 aromatic rings. The van der Waals surface area contributed by atoms with E-state index in [1.807, 2.05) is 12.1 Å². The van der Waals surface area contributed by atoms with Crippen molar-refractivity contribution in [2.24, 2.45) is 5.16 Å². The highest BCUT2D eigenvalue weighted by atomic mass is 35.5. The maximum Gasteiger partial charge on any atom is 0.471 e. The number of carbonyl (C=O) groups is 1. The molecule has 0 aliphatic rings. The highest BCUT2D eigenvalue weighted by Gasteiger charge is 2.38. The highest BCUT2D eigenvalue weighted by Crippen LogP contribution is 2.29. The second-order valence-corrected chi connectivity index (χ2v) is 6.79. The number of hydrogen-bond donors (Lipinski definition) is 1. The molecule has 3 rings (SSSR count). The molecule has 0 bridgehead atoms. The van der Waals surface area contributed by atoms with Gasteiger partial charge in [0.1, 0.15) is 6.61 Å². The summed E-state index contributed by atoms with van der Waals surface area (Å²) >= 11 is 6.02. The third-order valence-corrected chi connectivity index (χ3v) is 4.34. The van der Waals surface area contributed by atoms with Crippen molar-refractivity contribution < 1.29 is 27.3 Å². The lowest BCUT2D eigenvalue weighted by atomic mass is 10.1. The van der Waals surface area contributed by atoms with Crippen LogP contribution in [0.4, 0.5) is 13.2 Å². The van der Waals surface area contributed by atoms with E-state index in [1.165, 1.54) is 30.5 Å². The topological polar surface area (TPSA) is 89.6 Å². The van der Waals surface area contributed by atoms with E-state index in [-0.39, 0.29) is 18.0 Å². The van der Waals surface area contributed by atoms with Crippen LogP contribution >= 0.6 is 11.6 Å². The van der Waals surface area contributed by atoms with Gasteiger partial charge in [0, 0.05) is 21.7 Å². The van der Waals surface area contributed by atoms with Crippen LogP contribution in [0.25, 0.3) is 11.4 Å². The van der Waals surface area contributed by atoms with Crippen molar-refractivity contribution in [1.82, 2.24) is 15.5 Å². The summed E-state index contributed by atoms with van der Waals surface area (Å²) < 4.78 is 41.8. The van der Waals surface area contributed by atoms with Crippen LogP contribution < -0.4 is 5.32 Å². The Hall–Kier alpha value is -3.40. The Balaban J connectivity index is 1.53. The van der Waals surface area contributed by atoms with Crippen LogP contribution in [0.15, 0.2) is 58.2 Å². The van der Waals surface area contributed by atoms with Crippen molar-refractivity contribution in [2.45, 2.75) is 25.7 Å². The number of rotatable bonds is 7. The summed E-state index contributed by atoms with van der Waals surface area (Å²) in [7, 11) is 0. The molecule has 0 fully saturated rings. The quantitative estimate of drug-likeness (QED) is 0.413. The second-order valence-electron chi connectivity index (χ2n) is 6.38. The lowest BCUT2D eigenvalue weighted by Crippen LogP contribution is -2.33. The molecule has 1 amide bonds. The van der Waals surface area contributed by atoms with Crippen molar-refractivity contribution in [3.05, 3.63) is 70.6 Å². The van der Waals surface area contributed by atoms with Crippen LogP contribution in [0.5, 0.6) is 0 Å². The van der Waals surface area contributed by atoms with Gasteiger partial charge < -0.3 is 14.7 Å². The fourth-order valence-corrected chi connectivity index (χ4v) is 2.60. The van der Waals surface area contributed by atoms with Gasteiger partial charge in [0.2, 0.25) is 5.82 Å². The summed E-state index contributed by atoms with van der Waals surface area (Å²) in [5, 5.41) is 10.4. The number of hydrogen-bond acceptors (Lipinski definition) is 6. The molecule has 7 nitrogen and oxygen atoms in total. The number of halogens is 4. The Kier molecular flexibility index (Phi) is 6.91. The Morgan fingerprint density at radius 2 is 1.97 bits per heavy atom. The van der Waals surface area contributed by atoms with E-state index >= 15 is 0 Å². The highest BCUT2D eigenvalue weighted by molar-refractivity contribution is 6.31. The minimum Gasteiger partial charge on any atom is -0.391 e. The number of nitrogens with zero attached hydrogens (tertiary/aromatic N) is 3. The first-order valence-electron chi connectivity index (χ1n) is 8.95. The van der Waals surface area contributed by atoms with Gasteiger partial charge in [-0.2, -0.15) is 18.2 Å². The fraction of sp³-hybridized carbons (Fsp3) is 0.200. The van der Waals surface area contributed by atoms with Gasteiger partial charge in [-0.05, 0) is 25.1 Å². The molecule has 0 spiro atoms. The number of alkyl halides is 3. The van der Waals surface area contributed by atoms with Crippen molar-refractivity contribution in [3.8, 4) is 11.4 Å². The third-order valence-electron chi connectivity index (χ3n) is 3.97. The summed E-state index contributed by atoms with van der Waals surface area (Å²) in [4.78, 5) is 20.8. The second kappa shape index (κ2) is 9.61. The van der Waals surface area contributed by atoms with Crippen LogP contribution in [0, 0.1) is 0 Å². The first-order chi connectivity index (χ1) is 14.7. The summed E-state index contributed by atoms with van der Waals surface area (Å²) in [6, 6.07) is 12.5. The molecule has 1 atom stereocenters. The average molecular weight is 453 g/mol. The van der Waals surface area contributed by atoms with Crippen LogP contribution in [0.2, 0.25) is 5.02 Å². The number of nitrogens with one attached hydrogen (secondary N) is 1. The molecule has 1 N–H and O–H groups in total. The van der Waals surface area contributed by atoms with Gasteiger partial charge in [-0.25, -0.2) is 0 Å². The molecular formula is C20H16ClF3N4O3. The Morgan fingerprint density at radius 1 is 1.26 bits per heavy atom. The van der Waals surface area contributed by atoms with Crippen molar-refractivity contribution in [1.29, 1.82) is 0 Å². The Bertz CT molecular complexity index is 1070. The molecule has 0 aliphatic heterocycles. The molecule has 2 aromatic carbocycles. The Morgan fingerprint density at radius 3 is 2.61 bits per heavy atom. The zero-order chi connectivity index (χ0) is 22.4. The lowest BCUT2D eigenvalue weighted by molar-refractivity contribution is -0.159. The summed E-state index contributed by atoms with van der Waals surface area (Å²) in [6.45, 7) is 1.89. The number of amides is 1.